The number of anilines is 1. The fraction of sp³-hybridized carbons (Fsp3) is 0.333. The Morgan fingerprint density at radius 3 is 2.35 bits per heavy atom. The lowest BCUT2D eigenvalue weighted by atomic mass is 9.78. The van der Waals surface area contributed by atoms with Crippen LogP contribution in [-0.4, -0.2) is 22.1 Å². The molecule has 1 aliphatic rings. The first-order chi connectivity index (χ1) is 11.1. The highest BCUT2D eigenvalue weighted by Crippen LogP contribution is 2.33. The van der Waals surface area contributed by atoms with Crippen LogP contribution in [0.1, 0.15) is 25.7 Å². The number of fused-ring (bicyclic) bond motifs is 1. The molecule has 0 bridgehead atoms. The molecule has 1 aliphatic carbocycles. The predicted octanol–water partition coefficient (Wildman–Crippen LogP) is 3.37. The molecule has 0 aliphatic heterocycles. The summed E-state index contributed by atoms with van der Waals surface area (Å²) in [5, 5.41) is 23.5. The highest BCUT2D eigenvalue weighted by Gasteiger charge is 2.35. The van der Waals surface area contributed by atoms with Crippen LogP contribution in [-0.2, 0) is 9.59 Å². The second-order valence-corrected chi connectivity index (χ2v) is 6.00. The molecule has 3 N–H and O–H groups in total. The molecule has 1 amide bonds. The normalized spacial score (nSPS) is 21.0. The number of carbonyl (C=O) groups excluding carboxylic acids is 1. The minimum atomic E-state index is -0.902. The maximum absolute atomic E-state index is 12.6. The van der Waals surface area contributed by atoms with E-state index in [0.29, 0.717) is 23.9 Å². The van der Waals surface area contributed by atoms with Crippen molar-refractivity contribution in [1.82, 2.24) is 0 Å². The van der Waals surface area contributed by atoms with E-state index in [9.17, 15) is 19.8 Å². The Kier molecular flexibility index (Phi) is 4.19. The van der Waals surface area contributed by atoms with Crippen LogP contribution in [0, 0.1) is 11.8 Å². The first kappa shape index (κ1) is 15.3. The molecule has 3 rings (SSSR count). The van der Waals surface area contributed by atoms with E-state index in [1.165, 1.54) is 0 Å². The van der Waals surface area contributed by atoms with E-state index in [2.05, 4.69) is 5.32 Å². The van der Waals surface area contributed by atoms with E-state index in [-0.39, 0.29) is 11.7 Å². The summed E-state index contributed by atoms with van der Waals surface area (Å²) in [6.07, 6.45) is 2.86. The van der Waals surface area contributed by atoms with Gasteiger partial charge in [0.15, 0.2) is 0 Å². The molecule has 23 heavy (non-hydrogen) atoms. The van der Waals surface area contributed by atoms with Crippen LogP contribution >= 0.6 is 0 Å². The topological polar surface area (TPSA) is 86.6 Å². The summed E-state index contributed by atoms with van der Waals surface area (Å²) in [5.41, 5.74) is 0.595. The van der Waals surface area contributed by atoms with Crippen molar-refractivity contribution in [2.75, 3.05) is 5.32 Å². The Labute approximate surface area is 133 Å². The molecule has 2 aromatic rings. The molecule has 120 valence electrons. The number of benzene rings is 2. The van der Waals surface area contributed by atoms with E-state index >= 15 is 0 Å². The van der Waals surface area contributed by atoms with Crippen LogP contribution in [0.25, 0.3) is 10.8 Å². The number of hydrogen-bond donors (Lipinski definition) is 3. The molecule has 0 heterocycles. The molecule has 2 unspecified atom stereocenters. The number of phenols is 1. The van der Waals surface area contributed by atoms with Gasteiger partial charge in [0, 0.05) is 16.5 Å². The summed E-state index contributed by atoms with van der Waals surface area (Å²) in [7, 11) is 0. The monoisotopic (exact) mass is 313 g/mol. The second kappa shape index (κ2) is 6.28. The number of carboxylic acids is 1. The Morgan fingerprint density at radius 1 is 0.957 bits per heavy atom. The van der Waals surface area contributed by atoms with Gasteiger partial charge in [0.05, 0.1) is 11.8 Å². The third-order valence-corrected chi connectivity index (χ3v) is 4.58. The first-order valence-corrected chi connectivity index (χ1v) is 7.82. The van der Waals surface area contributed by atoms with E-state index in [4.69, 9.17) is 0 Å². The molecule has 5 heteroatoms. The summed E-state index contributed by atoms with van der Waals surface area (Å²) < 4.78 is 0. The molecule has 2 atom stereocenters. The van der Waals surface area contributed by atoms with Gasteiger partial charge in [-0.1, -0.05) is 37.1 Å². The van der Waals surface area contributed by atoms with Crippen molar-refractivity contribution < 1.29 is 19.8 Å². The van der Waals surface area contributed by atoms with Crippen molar-refractivity contribution in [1.29, 1.82) is 0 Å². The number of carbonyl (C=O) groups is 2. The van der Waals surface area contributed by atoms with Crippen molar-refractivity contribution in [2.45, 2.75) is 25.7 Å². The number of carboxylic acid groups (broad SMARTS) is 1. The maximum Gasteiger partial charge on any atom is 0.307 e. The van der Waals surface area contributed by atoms with Gasteiger partial charge in [-0.05, 0) is 25.0 Å². The van der Waals surface area contributed by atoms with Crippen LogP contribution in [0.2, 0.25) is 0 Å². The summed E-state index contributed by atoms with van der Waals surface area (Å²) in [6, 6.07) is 10.4. The quantitative estimate of drug-likeness (QED) is 0.811. The second-order valence-electron chi connectivity index (χ2n) is 6.00. The standard InChI is InChI=1S/C18H19NO4/c20-16-10-4-7-11-12(16)8-3-9-15(11)19-17(21)13-5-1-2-6-14(13)18(22)23/h3-4,7-10,13-14,20H,1-2,5-6H2,(H,19,21)(H,22,23). The minimum Gasteiger partial charge on any atom is -0.507 e. The van der Waals surface area contributed by atoms with Gasteiger partial charge in [0.1, 0.15) is 5.75 Å². The van der Waals surface area contributed by atoms with Gasteiger partial charge in [0.2, 0.25) is 5.91 Å². The van der Waals surface area contributed by atoms with Gasteiger partial charge in [0.25, 0.3) is 0 Å². The molecule has 2 aromatic carbocycles. The Hall–Kier alpha value is -2.56. The number of rotatable bonds is 3. The van der Waals surface area contributed by atoms with Crippen LogP contribution in [0.5, 0.6) is 5.75 Å². The van der Waals surface area contributed by atoms with Crippen molar-refractivity contribution in [2.24, 2.45) is 11.8 Å². The lowest BCUT2D eigenvalue weighted by Gasteiger charge is -2.27. The molecule has 0 spiro atoms. The van der Waals surface area contributed by atoms with Gasteiger partial charge in [-0.3, -0.25) is 9.59 Å². The molecular weight excluding hydrogens is 294 g/mol. The molecule has 5 nitrogen and oxygen atoms in total. The summed E-state index contributed by atoms with van der Waals surface area (Å²) >= 11 is 0. The SMILES string of the molecule is O=C(O)C1CCCCC1C(=O)Nc1cccc2c(O)cccc12. The van der Waals surface area contributed by atoms with Gasteiger partial charge in [-0.25, -0.2) is 0 Å². The zero-order valence-corrected chi connectivity index (χ0v) is 12.7. The summed E-state index contributed by atoms with van der Waals surface area (Å²) in [5.74, 6) is -2.13. The Bertz CT molecular complexity index is 756. The Balaban J connectivity index is 1.88. The van der Waals surface area contributed by atoms with E-state index in [1.54, 1.807) is 30.3 Å². The Morgan fingerprint density at radius 2 is 1.61 bits per heavy atom. The number of hydrogen-bond acceptors (Lipinski definition) is 3. The number of aliphatic carboxylic acids is 1. The number of aromatic hydroxyl groups is 1. The summed E-state index contributed by atoms with van der Waals surface area (Å²) in [6.45, 7) is 0. The van der Waals surface area contributed by atoms with Crippen molar-refractivity contribution in [3.63, 3.8) is 0 Å². The number of phenolic OH excluding ortho intramolecular Hbond substituents is 1. The van der Waals surface area contributed by atoms with Crippen LogP contribution < -0.4 is 5.32 Å². The molecule has 1 saturated carbocycles. The van der Waals surface area contributed by atoms with E-state index in [1.807, 2.05) is 6.07 Å². The highest BCUT2D eigenvalue weighted by molar-refractivity contribution is 6.05. The zero-order chi connectivity index (χ0) is 16.4. The van der Waals surface area contributed by atoms with Gasteiger partial charge in [-0.15, -0.1) is 0 Å². The van der Waals surface area contributed by atoms with Crippen molar-refractivity contribution in [3.05, 3.63) is 36.4 Å². The maximum atomic E-state index is 12.6. The third-order valence-electron chi connectivity index (χ3n) is 4.58. The lowest BCUT2D eigenvalue weighted by Crippen LogP contribution is -2.36. The summed E-state index contributed by atoms with van der Waals surface area (Å²) in [4.78, 5) is 23.9. The molecule has 0 saturated heterocycles. The lowest BCUT2D eigenvalue weighted by molar-refractivity contribution is -0.147. The third kappa shape index (κ3) is 2.99. The predicted molar refractivity (Wildman–Crippen MR) is 87.3 cm³/mol. The van der Waals surface area contributed by atoms with E-state index < -0.39 is 17.8 Å². The van der Waals surface area contributed by atoms with Crippen LogP contribution in [0.3, 0.4) is 0 Å². The molecule has 0 radical (unpaired) electrons. The fourth-order valence-corrected chi connectivity index (χ4v) is 3.37. The van der Waals surface area contributed by atoms with Gasteiger partial charge >= 0.3 is 5.97 Å². The largest absolute Gasteiger partial charge is 0.507 e. The van der Waals surface area contributed by atoms with Crippen LogP contribution in [0.15, 0.2) is 36.4 Å². The minimum absolute atomic E-state index is 0.152. The first-order valence-electron chi connectivity index (χ1n) is 7.82. The molecule has 0 aromatic heterocycles. The smallest absolute Gasteiger partial charge is 0.307 e. The van der Waals surface area contributed by atoms with Gasteiger partial charge < -0.3 is 15.5 Å². The molecule has 1 fully saturated rings. The van der Waals surface area contributed by atoms with Gasteiger partial charge in [-0.2, -0.15) is 0 Å². The van der Waals surface area contributed by atoms with Crippen molar-refractivity contribution in [3.8, 4) is 5.75 Å². The van der Waals surface area contributed by atoms with Crippen LogP contribution in [0.4, 0.5) is 5.69 Å². The number of nitrogens with one attached hydrogen (secondary N) is 1. The zero-order valence-electron chi connectivity index (χ0n) is 12.7. The average Bonchev–Trinajstić information content (AvgIpc) is 2.56. The highest BCUT2D eigenvalue weighted by atomic mass is 16.4. The number of amides is 1. The average molecular weight is 313 g/mol. The molecular formula is C18H19NO4. The fourth-order valence-electron chi connectivity index (χ4n) is 3.37. The van der Waals surface area contributed by atoms with E-state index in [0.717, 1.165) is 18.2 Å². The van der Waals surface area contributed by atoms with Crippen molar-refractivity contribution >= 4 is 28.3 Å².